The summed E-state index contributed by atoms with van der Waals surface area (Å²) in [7, 11) is 0. The van der Waals surface area contributed by atoms with Crippen molar-refractivity contribution in [1.82, 2.24) is 0 Å². The highest BCUT2D eigenvalue weighted by Crippen LogP contribution is 2.28. The smallest absolute Gasteiger partial charge is 0.293 e. The van der Waals surface area contributed by atoms with E-state index in [4.69, 9.17) is 11.6 Å². The molecule has 0 heterocycles. The molecule has 0 aliphatic rings. The average Bonchev–Trinajstić information content (AvgIpc) is 2.46. The molecule has 0 aliphatic heterocycles. The predicted molar refractivity (Wildman–Crippen MR) is 81.3 cm³/mol. The number of nitrogens with one attached hydrogen (secondary N) is 1. The summed E-state index contributed by atoms with van der Waals surface area (Å²) in [4.78, 5) is 10.6. The molecule has 2 aromatic carbocycles. The van der Waals surface area contributed by atoms with Crippen LogP contribution in [0.4, 0.5) is 11.4 Å². The van der Waals surface area contributed by atoms with Gasteiger partial charge in [0, 0.05) is 17.6 Å². The summed E-state index contributed by atoms with van der Waals surface area (Å²) in [5, 5.41) is 14.5. The predicted octanol–water partition coefficient (Wildman–Crippen LogP) is 4.42. The number of nitrogens with zero attached hydrogens (tertiary/aromatic N) is 1. The van der Waals surface area contributed by atoms with E-state index in [2.05, 4.69) is 18.3 Å². The Morgan fingerprint density at radius 3 is 2.55 bits per heavy atom. The van der Waals surface area contributed by atoms with E-state index in [1.54, 1.807) is 12.1 Å². The highest BCUT2D eigenvalue weighted by molar-refractivity contribution is 6.30. The van der Waals surface area contributed by atoms with E-state index in [0.717, 1.165) is 12.0 Å². The van der Waals surface area contributed by atoms with Crippen molar-refractivity contribution in [2.75, 3.05) is 5.32 Å². The third kappa shape index (κ3) is 3.27. The summed E-state index contributed by atoms with van der Waals surface area (Å²) in [5.41, 5.74) is 2.84. The van der Waals surface area contributed by atoms with Crippen molar-refractivity contribution in [3.05, 3.63) is 68.7 Å². The van der Waals surface area contributed by atoms with Gasteiger partial charge in [-0.15, -0.1) is 0 Å². The van der Waals surface area contributed by atoms with Crippen LogP contribution in [0.1, 0.15) is 18.1 Å². The number of rotatable bonds is 5. The highest BCUT2D eigenvalue weighted by Gasteiger charge is 2.14. The second kappa shape index (κ2) is 6.39. The van der Waals surface area contributed by atoms with Gasteiger partial charge in [-0.3, -0.25) is 10.1 Å². The summed E-state index contributed by atoms with van der Waals surface area (Å²) >= 11 is 5.79. The zero-order chi connectivity index (χ0) is 14.5. The summed E-state index contributed by atoms with van der Waals surface area (Å²) in [6.07, 6.45) is 0.931. The minimum atomic E-state index is -0.431. The second-order valence-corrected chi connectivity index (χ2v) is 4.83. The van der Waals surface area contributed by atoms with E-state index in [1.807, 2.05) is 18.2 Å². The molecule has 4 nitrogen and oxygen atoms in total. The molecule has 0 amide bonds. The summed E-state index contributed by atoms with van der Waals surface area (Å²) < 4.78 is 0. The number of anilines is 1. The fraction of sp³-hybridized carbons (Fsp3) is 0.200. The molecular formula is C15H15ClN2O2. The molecule has 2 rings (SSSR count). The Hall–Kier alpha value is -2.07. The van der Waals surface area contributed by atoms with Crippen molar-refractivity contribution in [3.63, 3.8) is 0 Å². The van der Waals surface area contributed by atoms with Gasteiger partial charge in [0.15, 0.2) is 0 Å². The van der Waals surface area contributed by atoms with E-state index in [-0.39, 0.29) is 5.69 Å². The first-order chi connectivity index (χ1) is 9.61. The zero-order valence-electron chi connectivity index (χ0n) is 11.1. The second-order valence-electron chi connectivity index (χ2n) is 4.39. The summed E-state index contributed by atoms with van der Waals surface area (Å²) in [5.74, 6) is 0. The van der Waals surface area contributed by atoms with Crippen LogP contribution in [-0.4, -0.2) is 4.92 Å². The molecule has 0 saturated heterocycles. The van der Waals surface area contributed by atoms with Crippen molar-refractivity contribution >= 4 is 23.0 Å². The Bertz CT molecular complexity index is 629. The fourth-order valence-electron chi connectivity index (χ4n) is 2.07. The lowest BCUT2D eigenvalue weighted by Gasteiger charge is -2.10. The lowest BCUT2D eigenvalue weighted by molar-refractivity contribution is -0.383. The summed E-state index contributed by atoms with van der Waals surface area (Å²) in [6, 6.07) is 12.7. The minimum absolute atomic E-state index is 0.00789. The van der Waals surface area contributed by atoms with Crippen LogP contribution in [0.2, 0.25) is 5.02 Å². The van der Waals surface area contributed by atoms with Crippen molar-refractivity contribution in [3.8, 4) is 0 Å². The Labute approximate surface area is 122 Å². The van der Waals surface area contributed by atoms with E-state index in [1.165, 1.54) is 11.6 Å². The molecule has 1 N–H and O–H groups in total. The Kier molecular flexibility index (Phi) is 4.58. The average molecular weight is 291 g/mol. The van der Waals surface area contributed by atoms with Crippen molar-refractivity contribution in [2.45, 2.75) is 19.9 Å². The maximum absolute atomic E-state index is 11.0. The van der Waals surface area contributed by atoms with Gasteiger partial charge in [0.25, 0.3) is 5.69 Å². The van der Waals surface area contributed by atoms with E-state index in [0.29, 0.717) is 17.3 Å². The summed E-state index contributed by atoms with van der Waals surface area (Å²) in [6.45, 7) is 2.63. The SMILES string of the molecule is CCc1ccccc1CNc1ccc(Cl)cc1[N+](=O)[O-]. The van der Waals surface area contributed by atoms with Gasteiger partial charge in [0.2, 0.25) is 0 Å². The van der Waals surface area contributed by atoms with Gasteiger partial charge in [-0.2, -0.15) is 0 Å². The van der Waals surface area contributed by atoms with Gasteiger partial charge in [-0.05, 0) is 29.7 Å². The molecule has 0 unspecified atom stereocenters. The number of hydrogen-bond acceptors (Lipinski definition) is 3. The van der Waals surface area contributed by atoms with Crippen LogP contribution in [0, 0.1) is 10.1 Å². The molecular weight excluding hydrogens is 276 g/mol. The first-order valence-electron chi connectivity index (χ1n) is 6.36. The normalized spacial score (nSPS) is 10.3. The number of benzene rings is 2. The quantitative estimate of drug-likeness (QED) is 0.655. The maximum atomic E-state index is 11.0. The minimum Gasteiger partial charge on any atom is -0.375 e. The number of nitro groups is 1. The first kappa shape index (κ1) is 14.3. The van der Waals surface area contributed by atoms with Crippen molar-refractivity contribution in [1.29, 1.82) is 0 Å². The van der Waals surface area contributed by atoms with Gasteiger partial charge in [0.1, 0.15) is 5.69 Å². The molecule has 0 saturated carbocycles. The monoisotopic (exact) mass is 290 g/mol. The molecule has 104 valence electrons. The van der Waals surface area contributed by atoms with Crippen LogP contribution >= 0.6 is 11.6 Å². The Morgan fingerprint density at radius 1 is 1.20 bits per heavy atom. The van der Waals surface area contributed by atoms with Crippen LogP contribution in [0.15, 0.2) is 42.5 Å². The molecule has 0 atom stereocenters. The maximum Gasteiger partial charge on any atom is 0.293 e. The van der Waals surface area contributed by atoms with Crippen LogP contribution in [0.5, 0.6) is 0 Å². The van der Waals surface area contributed by atoms with E-state index >= 15 is 0 Å². The van der Waals surface area contributed by atoms with Crippen LogP contribution in [0.3, 0.4) is 0 Å². The Balaban J connectivity index is 2.21. The molecule has 20 heavy (non-hydrogen) atoms. The molecule has 2 aromatic rings. The molecule has 0 fully saturated rings. The molecule has 0 bridgehead atoms. The zero-order valence-corrected chi connectivity index (χ0v) is 11.9. The first-order valence-corrected chi connectivity index (χ1v) is 6.74. The fourth-order valence-corrected chi connectivity index (χ4v) is 2.24. The van der Waals surface area contributed by atoms with Crippen LogP contribution in [0.25, 0.3) is 0 Å². The third-order valence-electron chi connectivity index (χ3n) is 3.13. The van der Waals surface area contributed by atoms with Gasteiger partial charge in [0.05, 0.1) is 4.92 Å². The van der Waals surface area contributed by atoms with Crippen LogP contribution < -0.4 is 5.32 Å². The van der Waals surface area contributed by atoms with Crippen molar-refractivity contribution in [2.24, 2.45) is 0 Å². The van der Waals surface area contributed by atoms with Crippen molar-refractivity contribution < 1.29 is 4.92 Å². The van der Waals surface area contributed by atoms with Crippen LogP contribution in [-0.2, 0) is 13.0 Å². The molecule has 0 aromatic heterocycles. The van der Waals surface area contributed by atoms with E-state index < -0.39 is 4.92 Å². The van der Waals surface area contributed by atoms with E-state index in [9.17, 15) is 10.1 Å². The highest BCUT2D eigenvalue weighted by atomic mass is 35.5. The topological polar surface area (TPSA) is 55.2 Å². The van der Waals surface area contributed by atoms with Gasteiger partial charge >= 0.3 is 0 Å². The lowest BCUT2D eigenvalue weighted by Crippen LogP contribution is -2.04. The third-order valence-corrected chi connectivity index (χ3v) is 3.36. The van der Waals surface area contributed by atoms with Gasteiger partial charge in [-0.25, -0.2) is 0 Å². The number of hydrogen-bond donors (Lipinski definition) is 1. The lowest BCUT2D eigenvalue weighted by atomic mass is 10.1. The molecule has 0 spiro atoms. The molecule has 0 radical (unpaired) electrons. The molecule has 5 heteroatoms. The van der Waals surface area contributed by atoms with Gasteiger partial charge < -0.3 is 5.32 Å². The standard InChI is InChI=1S/C15H15ClN2O2/c1-2-11-5-3-4-6-12(11)10-17-14-8-7-13(16)9-15(14)18(19)20/h3-9,17H,2,10H2,1H3. The largest absolute Gasteiger partial charge is 0.375 e. The number of halogens is 1. The number of nitro benzene ring substituents is 1. The molecule has 0 aliphatic carbocycles. The number of aryl methyl sites for hydroxylation is 1. The van der Waals surface area contributed by atoms with Gasteiger partial charge in [-0.1, -0.05) is 42.8 Å². The Morgan fingerprint density at radius 2 is 1.90 bits per heavy atom.